The van der Waals surface area contributed by atoms with Crippen LogP contribution in [0.3, 0.4) is 0 Å². The third-order valence-corrected chi connectivity index (χ3v) is 10.3. The highest BCUT2D eigenvalue weighted by molar-refractivity contribution is 8.23. The molecule has 0 fully saturated rings. The van der Waals surface area contributed by atoms with Gasteiger partial charge in [-0.2, -0.15) is 0 Å². The van der Waals surface area contributed by atoms with Gasteiger partial charge < -0.3 is 9.47 Å². The van der Waals surface area contributed by atoms with Crippen molar-refractivity contribution < 1.29 is 19.1 Å². The molecule has 2 heterocycles. The van der Waals surface area contributed by atoms with E-state index in [1.54, 1.807) is 47.0 Å². The first-order valence-corrected chi connectivity index (χ1v) is 12.7. The Morgan fingerprint density at radius 1 is 0.800 bits per heavy atom. The van der Waals surface area contributed by atoms with Crippen molar-refractivity contribution in [3.8, 4) is 0 Å². The zero-order chi connectivity index (χ0) is 21.7. The van der Waals surface area contributed by atoms with Crippen molar-refractivity contribution in [2.45, 2.75) is 23.0 Å². The second-order valence-electron chi connectivity index (χ2n) is 6.38. The van der Waals surface area contributed by atoms with Gasteiger partial charge in [0.25, 0.3) is 0 Å². The number of esters is 2. The Hall–Kier alpha value is -1.48. The van der Waals surface area contributed by atoms with Crippen LogP contribution in [0.5, 0.6) is 0 Å². The minimum atomic E-state index is -0.400. The van der Waals surface area contributed by atoms with Gasteiger partial charge in [-0.1, -0.05) is 37.4 Å². The van der Waals surface area contributed by atoms with E-state index >= 15 is 0 Å². The molecule has 0 amide bonds. The molecule has 1 aromatic rings. The van der Waals surface area contributed by atoms with Crippen molar-refractivity contribution in [2.75, 3.05) is 13.2 Å². The van der Waals surface area contributed by atoms with E-state index in [0.717, 1.165) is 9.81 Å². The number of rotatable bonds is 8. The molecule has 0 saturated heterocycles. The second kappa shape index (κ2) is 10.7. The van der Waals surface area contributed by atoms with Gasteiger partial charge in [-0.3, -0.25) is 0 Å². The lowest BCUT2D eigenvalue weighted by atomic mass is 10.2. The molecule has 30 heavy (non-hydrogen) atoms. The Bertz CT molecular complexity index is 843. The molecule has 8 heteroatoms. The zero-order valence-corrected chi connectivity index (χ0v) is 20.0. The van der Waals surface area contributed by atoms with Crippen LogP contribution in [0.4, 0.5) is 0 Å². The summed E-state index contributed by atoms with van der Waals surface area (Å²) in [6.45, 7) is 11.6. The Morgan fingerprint density at radius 2 is 1.17 bits per heavy atom. The van der Waals surface area contributed by atoms with Gasteiger partial charge in [-0.05, 0) is 34.8 Å². The van der Waals surface area contributed by atoms with E-state index in [2.05, 4.69) is 51.3 Å². The molecule has 0 aromatic heterocycles. The molecule has 2 aliphatic rings. The molecule has 2 unspecified atom stereocenters. The highest BCUT2D eigenvalue weighted by atomic mass is 32.2. The number of ether oxygens (including phenoxy) is 2. The van der Waals surface area contributed by atoms with Crippen LogP contribution < -0.4 is 0 Å². The summed E-state index contributed by atoms with van der Waals surface area (Å²) >= 11 is 7.03. The maximum atomic E-state index is 11.3. The third kappa shape index (κ3) is 5.81. The predicted molar refractivity (Wildman–Crippen MR) is 130 cm³/mol. The fourth-order valence-corrected chi connectivity index (χ4v) is 8.49. The maximum absolute atomic E-state index is 11.3. The minimum absolute atomic E-state index is 0.258. The number of hydrogen-bond donors (Lipinski definition) is 0. The number of thioether (sulfide) groups is 4. The fourth-order valence-electron chi connectivity index (χ4n) is 2.67. The van der Waals surface area contributed by atoms with E-state index in [4.69, 9.17) is 9.47 Å². The highest BCUT2D eigenvalue weighted by Gasteiger charge is 2.28. The normalized spacial score (nSPS) is 21.0. The van der Waals surface area contributed by atoms with Gasteiger partial charge >= 0.3 is 11.9 Å². The van der Waals surface area contributed by atoms with E-state index in [1.807, 2.05) is 0 Å². The van der Waals surface area contributed by atoms with Crippen molar-refractivity contribution >= 4 is 59.0 Å². The molecule has 4 nitrogen and oxygen atoms in total. The van der Waals surface area contributed by atoms with Crippen molar-refractivity contribution in [3.63, 3.8) is 0 Å². The number of carbonyl (C=O) groups is 2. The third-order valence-electron chi connectivity index (χ3n) is 4.36. The van der Waals surface area contributed by atoms with Crippen LogP contribution in [-0.2, 0) is 19.1 Å². The molecule has 0 bridgehead atoms. The van der Waals surface area contributed by atoms with E-state index in [-0.39, 0.29) is 9.16 Å². The average molecular weight is 479 g/mol. The van der Waals surface area contributed by atoms with Crippen LogP contribution in [0.1, 0.15) is 34.1 Å². The van der Waals surface area contributed by atoms with E-state index < -0.39 is 11.9 Å². The Labute approximate surface area is 194 Å². The molecule has 1 aromatic carbocycles. The molecule has 0 radical (unpaired) electrons. The topological polar surface area (TPSA) is 52.6 Å². The van der Waals surface area contributed by atoms with Gasteiger partial charge in [-0.15, -0.1) is 47.0 Å². The Balaban J connectivity index is 1.56. The van der Waals surface area contributed by atoms with Gasteiger partial charge in [-0.25, -0.2) is 9.59 Å². The van der Waals surface area contributed by atoms with Crippen LogP contribution in [-0.4, -0.2) is 25.2 Å². The number of carbonyl (C=O) groups excluding carboxylic acids is 2. The summed E-state index contributed by atoms with van der Waals surface area (Å²) in [5.74, 6) is -0.800. The first-order chi connectivity index (χ1) is 14.4. The summed E-state index contributed by atoms with van der Waals surface area (Å²) in [5, 5.41) is 0. The summed E-state index contributed by atoms with van der Waals surface area (Å²) in [6.07, 6.45) is 2.37. The molecule has 3 rings (SSSR count). The lowest BCUT2D eigenvalue weighted by Crippen LogP contribution is -2.02. The first kappa shape index (κ1) is 23.2. The maximum Gasteiger partial charge on any atom is 0.330 e. The van der Waals surface area contributed by atoms with E-state index in [0.29, 0.717) is 13.2 Å². The molecule has 158 valence electrons. The van der Waals surface area contributed by atoms with Crippen molar-refractivity contribution in [3.05, 3.63) is 80.3 Å². The van der Waals surface area contributed by atoms with E-state index in [1.165, 1.54) is 33.1 Å². The summed E-state index contributed by atoms with van der Waals surface area (Å²) in [5.41, 5.74) is 2.46. The first-order valence-electron chi connectivity index (χ1n) is 9.15. The molecular formula is C22H22O4S4. The van der Waals surface area contributed by atoms with Gasteiger partial charge in [0, 0.05) is 22.0 Å². The number of benzene rings is 1. The van der Waals surface area contributed by atoms with Gasteiger partial charge in [0.1, 0.15) is 13.2 Å². The summed E-state index contributed by atoms with van der Waals surface area (Å²) < 4.78 is 10.9. The molecule has 0 N–H and O–H groups in total. The standard InChI is InChI=1S/C22H22O4S4/c1-5-19(23)25-11-17-13(3)27-21(29-17)15-7-9-16(10-8-15)22-28-14(4)18(30-22)12-26-20(24)6-2/h5-10,21-22H,1-2,11-12H2,3-4H3. The molecule has 2 atom stereocenters. The molecule has 0 saturated carbocycles. The predicted octanol–water partition coefficient (Wildman–Crippen LogP) is 6.57. The quantitative estimate of drug-likeness (QED) is 0.307. The Kier molecular flexibility index (Phi) is 8.27. The van der Waals surface area contributed by atoms with Crippen LogP contribution in [0.15, 0.2) is 69.2 Å². The van der Waals surface area contributed by atoms with Gasteiger partial charge in [0.2, 0.25) is 0 Å². The lowest BCUT2D eigenvalue weighted by Gasteiger charge is -2.13. The van der Waals surface area contributed by atoms with Crippen LogP contribution in [0, 0.1) is 0 Å². The van der Waals surface area contributed by atoms with Crippen molar-refractivity contribution in [1.82, 2.24) is 0 Å². The SMILES string of the molecule is C=CC(=O)OCC1=C(C)SC(c2ccc(C3SC(C)=C(COC(=O)C=C)S3)cc2)S1. The molecular weight excluding hydrogens is 457 g/mol. The summed E-state index contributed by atoms with van der Waals surface area (Å²) in [6, 6.07) is 8.66. The Morgan fingerprint density at radius 3 is 1.50 bits per heavy atom. The second-order valence-corrected chi connectivity index (χ2v) is 12.0. The van der Waals surface area contributed by atoms with Crippen molar-refractivity contribution in [1.29, 1.82) is 0 Å². The fraction of sp³-hybridized carbons (Fsp3) is 0.273. The summed E-state index contributed by atoms with van der Waals surface area (Å²) in [4.78, 5) is 27.2. The van der Waals surface area contributed by atoms with Gasteiger partial charge in [0.05, 0.1) is 9.16 Å². The number of allylic oxidation sites excluding steroid dienone is 2. The smallest absolute Gasteiger partial charge is 0.330 e. The lowest BCUT2D eigenvalue weighted by molar-refractivity contribution is -0.137. The average Bonchev–Trinajstić information content (AvgIpc) is 3.32. The molecule has 0 spiro atoms. The summed E-state index contributed by atoms with van der Waals surface area (Å²) in [7, 11) is 0. The van der Waals surface area contributed by atoms with Crippen LogP contribution >= 0.6 is 47.0 Å². The van der Waals surface area contributed by atoms with Crippen molar-refractivity contribution in [2.24, 2.45) is 0 Å². The highest BCUT2D eigenvalue weighted by Crippen LogP contribution is 2.57. The molecule has 2 aliphatic heterocycles. The van der Waals surface area contributed by atoms with Crippen LogP contribution in [0.25, 0.3) is 0 Å². The minimum Gasteiger partial charge on any atom is -0.457 e. The monoisotopic (exact) mass is 478 g/mol. The van der Waals surface area contributed by atoms with Crippen LogP contribution in [0.2, 0.25) is 0 Å². The van der Waals surface area contributed by atoms with Gasteiger partial charge in [0.15, 0.2) is 0 Å². The van der Waals surface area contributed by atoms with E-state index in [9.17, 15) is 9.59 Å². The number of hydrogen-bond acceptors (Lipinski definition) is 8. The largest absolute Gasteiger partial charge is 0.457 e. The zero-order valence-electron chi connectivity index (χ0n) is 16.7. The molecule has 0 aliphatic carbocycles.